The Bertz CT molecular complexity index is 1420. The molecule has 33 heavy (non-hydrogen) atoms. The molecule has 0 saturated carbocycles. The van der Waals surface area contributed by atoms with Gasteiger partial charge in [-0.25, -0.2) is 17.4 Å². The maximum atomic E-state index is 13.3. The molecule has 2 aromatic carbocycles. The fourth-order valence-electron chi connectivity index (χ4n) is 3.75. The van der Waals surface area contributed by atoms with Gasteiger partial charge in [-0.15, -0.1) is 0 Å². The number of anilines is 3. The van der Waals surface area contributed by atoms with Crippen LogP contribution in [0.15, 0.2) is 65.8 Å². The monoisotopic (exact) mass is 502 g/mol. The van der Waals surface area contributed by atoms with Crippen molar-refractivity contribution in [2.75, 3.05) is 36.4 Å². The summed E-state index contributed by atoms with van der Waals surface area (Å²) in [6.07, 6.45) is 3.00. The molecule has 2 aromatic heterocycles. The minimum absolute atomic E-state index is 0.0296. The molecule has 0 atom stereocenters. The first-order valence-corrected chi connectivity index (χ1v) is 12.5. The molecule has 8 nitrogen and oxygen atoms in total. The highest BCUT2D eigenvalue weighted by atomic mass is 35.5. The van der Waals surface area contributed by atoms with Crippen LogP contribution in [0, 0.1) is 0 Å². The van der Waals surface area contributed by atoms with Crippen molar-refractivity contribution >= 4 is 61.6 Å². The average Bonchev–Trinajstić information content (AvgIpc) is 3.26. The molecule has 0 aliphatic carbocycles. The summed E-state index contributed by atoms with van der Waals surface area (Å²) in [6, 6.07) is 14.1. The van der Waals surface area contributed by atoms with Crippen LogP contribution in [0.3, 0.4) is 0 Å². The molecule has 0 radical (unpaired) electrons. The third kappa shape index (κ3) is 4.24. The van der Waals surface area contributed by atoms with E-state index in [9.17, 15) is 8.42 Å². The Morgan fingerprint density at radius 3 is 2.52 bits per heavy atom. The van der Waals surface area contributed by atoms with E-state index in [1.165, 1.54) is 18.3 Å². The third-order valence-electron chi connectivity index (χ3n) is 5.45. The van der Waals surface area contributed by atoms with E-state index in [2.05, 4.69) is 25.5 Å². The minimum atomic E-state index is -4.01. The Morgan fingerprint density at radius 2 is 1.76 bits per heavy atom. The normalized spacial score (nSPS) is 14.5. The lowest BCUT2D eigenvalue weighted by Crippen LogP contribution is -2.43. The zero-order chi connectivity index (χ0) is 23.0. The first kappa shape index (κ1) is 22.0. The number of aromatic nitrogens is 3. The van der Waals surface area contributed by atoms with Crippen LogP contribution >= 0.6 is 23.2 Å². The third-order valence-corrected chi connectivity index (χ3v) is 8.09. The smallest absolute Gasteiger partial charge is 0.270 e. The second-order valence-corrected chi connectivity index (χ2v) is 10.1. The van der Waals surface area contributed by atoms with Gasteiger partial charge in [-0.1, -0.05) is 29.3 Å². The van der Waals surface area contributed by atoms with Crippen LogP contribution in [0.4, 0.5) is 17.3 Å². The quantitative estimate of drug-likeness (QED) is 0.423. The van der Waals surface area contributed by atoms with Crippen LogP contribution < -0.4 is 15.5 Å². The van der Waals surface area contributed by atoms with Gasteiger partial charge in [0.15, 0.2) is 5.65 Å². The first-order valence-electron chi connectivity index (χ1n) is 10.3. The predicted molar refractivity (Wildman–Crippen MR) is 131 cm³/mol. The Hall–Kier alpha value is -2.85. The van der Waals surface area contributed by atoms with Crippen LogP contribution in [0.2, 0.25) is 10.0 Å². The molecule has 170 valence electrons. The van der Waals surface area contributed by atoms with Crippen molar-refractivity contribution in [3.05, 3.63) is 71.0 Å². The highest BCUT2D eigenvalue weighted by Gasteiger charge is 2.24. The van der Waals surface area contributed by atoms with E-state index in [0.717, 1.165) is 41.5 Å². The van der Waals surface area contributed by atoms with E-state index in [0.29, 0.717) is 5.39 Å². The van der Waals surface area contributed by atoms with E-state index in [1.807, 2.05) is 24.3 Å². The predicted octanol–water partition coefficient (Wildman–Crippen LogP) is 4.13. The number of nitrogens with one attached hydrogen (secondary N) is 2. The summed E-state index contributed by atoms with van der Waals surface area (Å²) in [5, 5.41) is 7.20. The fourth-order valence-corrected chi connectivity index (χ4v) is 5.79. The fraction of sp³-hybridized carbons (Fsp3) is 0.182. The van der Waals surface area contributed by atoms with E-state index < -0.39 is 10.0 Å². The largest absolute Gasteiger partial charge is 0.369 e. The van der Waals surface area contributed by atoms with Crippen LogP contribution in [-0.2, 0) is 10.0 Å². The zero-order valence-electron chi connectivity index (χ0n) is 17.4. The van der Waals surface area contributed by atoms with Gasteiger partial charge in [0.25, 0.3) is 10.0 Å². The standard InChI is InChI=1S/C22H20Cl2N6O2S/c23-18-2-1-3-19(20(18)24)33(31,32)30-11-8-15-14-26-22(28-21(15)30)27-16-4-6-17(7-5-16)29-12-9-25-10-13-29/h1-8,11,14,25H,9-10,12-13H2,(H,26,27,28). The summed E-state index contributed by atoms with van der Waals surface area (Å²) < 4.78 is 27.6. The van der Waals surface area contributed by atoms with E-state index in [1.54, 1.807) is 18.3 Å². The number of hydrogen-bond donors (Lipinski definition) is 2. The summed E-state index contributed by atoms with van der Waals surface area (Å²) in [4.78, 5) is 11.0. The van der Waals surface area contributed by atoms with Gasteiger partial charge < -0.3 is 15.5 Å². The van der Waals surface area contributed by atoms with E-state index >= 15 is 0 Å². The molecule has 1 fully saturated rings. The number of hydrogen-bond acceptors (Lipinski definition) is 7. The molecule has 3 heterocycles. The number of piperazine rings is 1. The molecule has 0 unspecified atom stereocenters. The van der Waals surface area contributed by atoms with Gasteiger partial charge in [0.05, 0.1) is 10.0 Å². The summed E-state index contributed by atoms with van der Waals surface area (Å²) in [6.45, 7) is 3.87. The number of halogens is 2. The molecule has 0 spiro atoms. The average molecular weight is 503 g/mol. The van der Waals surface area contributed by atoms with Gasteiger partial charge in [0.2, 0.25) is 5.95 Å². The Kier molecular flexibility index (Phi) is 5.88. The van der Waals surface area contributed by atoms with Crippen molar-refractivity contribution in [1.82, 2.24) is 19.3 Å². The molecule has 0 amide bonds. The molecule has 0 bridgehead atoms. The second-order valence-electron chi connectivity index (χ2n) is 7.55. The van der Waals surface area contributed by atoms with E-state index in [-0.39, 0.29) is 26.5 Å². The summed E-state index contributed by atoms with van der Waals surface area (Å²) >= 11 is 12.2. The lowest BCUT2D eigenvalue weighted by atomic mass is 10.2. The molecule has 11 heteroatoms. The highest BCUT2D eigenvalue weighted by molar-refractivity contribution is 7.90. The lowest BCUT2D eigenvalue weighted by Gasteiger charge is -2.29. The number of rotatable bonds is 5. The highest BCUT2D eigenvalue weighted by Crippen LogP contribution is 2.32. The maximum Gasteiger partial charge on any atom is 0.270 e. The van der Waals surface area contributed by atoms with Gasteiger partial charge >= 0.3 is 0 Å². The lowest BCUT2D eigenvalue weighted by molar-refractivity contribution is 0.589. The molecule has 1 aliphatic rings. The summed E-state index contributed by atoms with van der Waals surface area (Å²) in [5.41, 5.74) is 2.19. The molecular weight excluding hydrogens is 483 g/mol. The summed E-state index contributed by atoms with van der Waals surface area (Å²) in [7, 11) is -4.01. The molecule has 1 aliphatic heterocycles. The van der Waals surface area contributed by atoms with Crippen molar-refractivity contribution in [2.45, 2.75) is 4.90 Å². The second kappa shape index (κ2) is 8.83. The van der Waals surface area contributed by atoms with Crippen LogP contribution in [0.5, 0.6) is 0 Å². The zero-order valence-corrected chi connectivity index (χ0v) is 19.7. The Balaban J connectivity index is 1.44. The molecule has 4 aromatic rings. The first-order chi connectivity index (χ1) is 15.9. The van der Waals surface area contributed by atoms with Crippen molar-refractivity contribution in [2.24, 2.45) is 0 Å². The maximum absolute atomic E-state index is 13.3. The number of fused-ring (bicyclic) bond motifs is 1. The van der Waals surface area contributed by atoms with Gasteiger partial charge in [-0.2, -0.15) is 4.98 Å². The Morgan fingerprint density at radius 1 is 1.00 bits per heavy atom. The van der Waals surface area contributed by atoms with Gasteiger partial charge in [0, 0.05) is 55.3 Å². The molecule has 2 N–H and O–H groups in total. The number of benzene rings is 2. The SMILES string of the molecule is O=S(=O)(c1cccc(Cl)c1Cl)n1ccc2cnc(Nc3ccc(N4CCNCC4)cc3)nc21. The summed E-state index contributed by atoms with van der Waals surface area (Å²) in [5.74, 6) is 0.282. The molecule has 1 saturated heterocycles. The van der Waals surface area contributed by atoms with Crippen molar-refractivity contribution in [1.29, 1.82) is 0 Å². The molecule has 5 rings (SSSR count). The van der Waals surface area contributed by atoms with Crippen molar-refractivity contribution in [3.63, 3.8) is 0 Å². The minimum Gasteiger partial charge on any atom is -0.369 e. The van der Waals surface area contributed by atoms with Crippen LogP contribution in [0.25, 0.3) is 11.0 Å². The Labute approximate surface area is 201 Å². The van der Waals surface area contributed by atoms with Crippen LogP contribution in [0.1, 0.15) is 0 Å². The van der Waals surface area contributed by atoms with Gasteiger partial charge in [-0.3, -0.25) is 0 Å². The van der Waals surface area contributed by atoms with E-state index in [4.69, 9.17) is 23.2 Å². The molecular formula is C22H20Cl2N6O2S. The van der Waals surface area contributed by atoms with Gasteiger partial charge in [-0.05, 0) is 42.5 Å². The van der Waals surface area contributed by atoms with Crippen molar-refractivity contribution in [3.8, 4) is 0 Å². The topological polar surface area (TPSA) is 92.2 Å². The van der Waals surface area contributed by atoms with Crippen molar-refractivity contribution < 1.29 is 8.42 Å². The number of nitrogens with zero attached hydrogens (tertiary/aromatic N) is 4. The van der Waals surface area contributed by atoms with Gasteiger partial charge in [0.1, 0.15) is 4.90 Å². The van der Waals surface area contributed by atoms with Crippen LogP contribution in [-0.4, -0.2) is 48.5 Å².